The number of rotatable bonds is 5. The van der Waals surface area contributed by atoms with Crippen molar-refractivity contribution in [2.24, 2.45) is 0 Å². The number of hydrogen-bond acceptors (Lipinski definition) is 3. The second kappa shape index (κ2) is 7.04. The first-order valence-electron chi connectivity index (χ1n) is 6.90. The van der Waals surface area contributed by atoms with Crippen molar-refractivity contribution in [1.29, 1.82) is 0 Å². The monoisotopic (exact) mass is 303 g/mol. The van der Waals surface area contributed by atoms with E-state index in [1.807, 2.05) is 0 Å². The molecule has 2 rings (SSSR count). The van der Waals surface area contributed by atoms with E-state index < -0.39 is 23.9 Å². The lowest BCUT2D eigenvalue weighted by atomic mass is 10.0. The van der Waals surface area contributed by atoms with Gasteiger partial charge in [0.05, 0.1) is 24.8 Å². The highest BCUT2D eigenvalue weighted by atomic mass is 19.1. The maximum Gasteiger partial charge on any atom is 0.254 e. The molecule has 0 radical (unpaired) electrons. The third-order valence-electron chi connectivity index (χ3n) is 3.41. The summed E-state index contributed by atoms with van der Waals surface area (Å²) in [5.41, 5.74) is 0.596. The smallest absolute Gasteiger partial charge is 0.254 e. The number of methoxy groups -OCH3 is 1. The largest absolute Gasteiger partial charge is 0.497 e. The topological polar surface area (TPSA) is 58.6 Å². The van der Waals surface area contributed by atoms with Crippen LogP contribution in [0.2, 0.25) is 0 Å². The summed E-state index contributed by atoms with van der Waals surface area (Å²) in [4.78, 5) is 12.0. The second-order valence-corrected chi connectivity index (χ2v) is 4.96. The summed E-state index contributed by atoms with van der Waals surface area (Å²) >= 11 is 0. The average Bonchev–Trinajstić information content (AvgIpc) is 2.54. The standard InChI is InChI=1S/C17H18FNO3/c1-11(16(20)12-7-9-13(22-2)10-8-12)19-17(21)14-5-3-4-6-15(14)18/h3-11,16,20H,1-2H3,(H,19,21). The zero-order chi connectivity index (χ0) is 16.1. The van der Waals surface area contributed by atoms with Gasteiger partial charge in [-0.1, -0.05) is 24.3 Å². The number of carbonyl (C=O) groups excluding carboxylic acids is 1. The van der Waals surface area contributed by atoms with Gasteiger partial charge in [-0.15, -0.1) is 0 Å². The summed E-state index contributed by atoms with van der Waals surface area (Å²) in [5.74, 6) is -0.469. The van der Waals surface area contributed by atoms with Crippen molar-refractivity contribution in [2.45, 2.75) is 19.1 Å². The van der Waals surface area contributed by atoms with Gasteiger partial charge in [0.2, 0.25) is 0 Å². The van der Waals surface area contributed by atoms with E-state index in [9.17, 15) is 14.3 Å². The fraction of sp³-hybridized carbons (Fsp3) is 0.235. The van der Waals surface area contributed by atoms with Gasteiger partial charge >= 0.3 is 0 Å². The average molecular weight is 303 g/mol. The molecular weight excluding hydrogens is 285 g/mol. The van der Waals surface area contributed by atoms with Gasteiger partial charge in [-0.05, 0) is 36.8 Å². The molecule has 0 saturated carbocycles. The van der Waals surface area contributed by atoms with Crippen LogP contribution in [0.1, 0.15) is 28.9 Å². The van der Waals surface area contributed by atoms with Crippen LogP contribution in [0, 0.1) is 5.82 Å². The molecule has 0 aliphatic heterocycles. The van der Waals surface area contributed by atoms with Crippen LogP contribution in [0.15, 0.2) is 48.5 Å². The minimum Gasteiger partial charge on any atom is -0.497 e. The third kappa shape index (κ3) is 3.62. The summed E-state index contributed by atoms with van der Waals surface area (Å²) in [7, 11) is 1.56. The molecular formula is C17H18FNO3. The van der Waals surface area contributed by atoms with E-state index in [1.54, 1.807) is 44.4 Å². The number of carbonyl (C=O) groups is 1. The van der Waals surface area contributed by atoms with E-state index in [2.05, 4.69) is 5.32 Å². The molecule has 2 N–H and O–H groups in total. The summed E-state index contributed by atoms with van der Waals surface area (Å²) in [6, 6.07) is 12.0. The van der Waals surface area contributed by atoms with Crippen LogP contribution in [0.25, 0.3) is 0 Å². The van der Waals surface area contributed by atoms with Crippen LogP contribution in [0.4, 0.5) is 4.39 Å². The summed E-state index contributed by atoms with van der Waals surface area (Å²) in [6.07, 6.45) is -0.901. The molecule has 0 spiro atoms. The Labute approximate surface area is 128 Å². The van der Waals surface area contributed by atoms with E-state index in [1.165, 1.54) is 18.2 Å². The second-order valence-electron chi connectivity index (χ2n) is 4.96. The maximum atomic E-state index is 13.6. The molecule has 0 aliphatic carbocycles. The molecule has 116 valence electrons. The number of ether oxygens (including phenoxy) is 1. The molecule has 0 heterocycles. The number of benzene rings is 2. The van der Waals surface area contributed by atoms with Crippen molar-refractivity contribution in [1.82, 2.24) is 5.32 Å². The highest BCUT2D eigenvalue weighted by molar-refractivity contribution is 5.94. The zero-order valence-corrected chi connectivity index (χ0v) is 12.4. The number of nitrogens with one attached hydrogen (secondary N) is 1. The van der Waals surface area contributed by atoms with Crippen LogP contribution in [-0.2, 0) is 0 Å². The SMILES string of the molecule is COc1ccc(C(O)C(C)NC(=O)c2ccccc2F)cc1. The van der Waals surface area contributed by atoms with E-state index in [0.717, 1.165) is 0 Å². The summed E-state index contributed by atoms with van der Waals surface area (Å²) < 4.78 is 18.6. The minimum absolute atomic E-state index is 0.0451. The highest BCUT2D eigenvalue weighted by Gasteiger charge is 2.20. The molecule has 5 heteroatoms. The van der Waals surface area contributed by atoms with Crippen LogP contribution >= 0.6 is 0 Å². The number of halogens is 1. The quantitative estimate of drug-likeness (QED) is 0.893. The van der Waals surface area contributed by atoms with Gasteiger partial charge in [-0.25, -0.2) is 4.39 Å². The number of amides is 1. The lowest BCUT2D eigenvalue weighted by Crippen LogP contribution is -2.37. The van der Waals surface area contributed by atoms with Crippen LogP contribution < -0.4 is 10.1 Å². The first-order chi connectivity index (χ1) is 10.5. The molecule has 0 bridgehead atoms. The molecule has 0 aromatic heterocycles. The Balaban J connectivity index is 2.06. The van der Waals surface area contributed by atoms with Crippen molar-refractivity contribution in [3.63, 3.8) is 0 Å². The lowest BCUT2D eigenvalue weighted by Gasteiger charge is -2.21. The van der Waals surface area contributed by atoms with Crippen molar-refractivity contribution in [3.05, 3.63) is 65.5 Å². The Kier molecular flexibility index (Phi) is 5.12. The Hall–Kier alpha value is -2.40. The zero-order valence-electron chi connectivity index (χ0n) is 12.4. The minimum atomic E-state index is -0.901. The Bertz CT molecular complexity index is 643. The molecule has 4 nitrogen and oxygen atoms in total. The van der Waals surface area contributed by atoms with E-state index in [4.69, 9.17) is 4.74 Å². The molecule has 2 aromatic rings. The van der Waals surface area contributed by atoms with Gasteiger partial charge in [0, 0.05) is 0 Å². The van der Waals surface area contributed by atoms with Crippen LogP contribution in [0.5, 0.6) is 5.75 Å². The molecule has 22 heavy (non-hydrogen) atoms. The number of hydrogen-bond donors (Lipinski definition) is 2. The lowest BCUT2D eigenvalue weighted by molar-refractivity contribution is 0.0848. The van der Waals surface area contributed by atoms with Crippen molar-refractivity contribution in [3.8, 4) is 5.75 Å². The Morgan fingerprint density at radius 3 is 2.41 bits per heavy atom. The summed E-state index contributed by atoms with van der Waals surface area (Å²) in [6.45, 7) is 1.66. The predicted octanol–water partition coefficient (Wildman–Crippen LogP) is 2.69. The first kappa shape index (κ1) is 16.0. The highest BCUT2D eigenvalue weighted by Crippen LogP contribution is 2.20. The van der Waals surface area contributed by atoms with E-state index in [0.29, 0.717) is 11.3 Å². The van der Waals surface area contributed by atoms with Crippen molar-refractivity contribution < 1.29 is 19.0 Å². The van der Waals surface area contributed by atoms with Crippen molar-refractivity contribution in [2.75, 3.05) is 7.11 Å². The van der Waals surface area contributed by atoms with E-state index in [-0.39, 0.29) is 5.56 Å². The third-order valence-corrected chi connectivity index (χ3v) is 3.41. The number of aliphatic hydroxyl groups is 1. The van der Waals surface area contributed by atoms with Gasteiger partial charge in [0.1, 0.15) is 11.6 Å². The Morgan fingerprint density at radius 2 is 1.82 bits per heavy atom. The Morgan fingerprint density at radius 1 is 1.18 bits per heavy atom. The summed E-state index contributed by atoms with van der Waals surface area (Å²) in [5, 5.41) is 12.9. The molecule has 0 fully saturated rings. The molecule has 2 atom stereocenters. The maximum absolute atomic E-state index is 13.6. The molecule has 1 amide bonds. The van der Waals surface area contributed by atoms with Crippen LogP contribution in [0.3, 0.4) is 0 Å². The normalized spacial score (nSPS) is 13.3. The molecule has 2 aromatic carbocycles. The predicted molar refractivity (Wildman–Crippen MR) is 81.3 cm³/mol. The van der Waals surface area contributed by atoms with Gasteiger partial charge in [0.15, 0.2) is 0 Å². The van der Waals surface area contributed by atoms with Gasteiger partial charge in [-0.2, -0.15) is 0 Å². The van der Waals surface area contributed by atoms with Crippen LogP contribution in [-0.4, -0.2) is 24.2 Å². The van der Waals surface area contributed by atoms with Gasteiger partial charge < -0.3 is 15.2 Å². The van der Waals surface area contributed by atoms with Gasteiger partial charge in [-0.3, -0.25) is 4.79 Å². The number of aliphatic hydroxyl groups excluding tert-OH is 1. The van der Waals surface area contributed by atoms with E-state index >= 15 is 0 Å². The fourth-order valence-corrected chi connectivity index (χ4v) is 2.10. The van der Waals surface area contributed by atoms with Gasteiger partial charge in [0.25, 0.3) is 5.91 Å². The molecule has 0 aliphatic rings. The fourth-order valence-electron chi connectivity index (χ4n) is 2.10. The first-order valence-corrected chi connectivity index (χ1v) is 6.90. The molecule has 0 saturated heterocycles. The molecule has 2 unspecified atom stereocenters. The van der Waals surface area contributed by atoms with Crippen molar-refractivity contribution >= 4 is 5.91 Å².